The van der Waals surface area contributed by atoms with Gasteiger partial charge in [-0.25, -0.2) is 0 Å². The van der Waals surface area contributed by atoms with Crippen molar-refractivity contribution in [2.24, 2.45) is 0 Å². The second-order valence-electron chi connectivity index (χ2n) is 17.5. The van der Waals surface area contributed by atoms with E-state index in [0.29, 0.717) is 23.9 Å². The van der Waals surface area contributed by atoms with E-state index in [1.54, 1.807) is 0 Å². The van der Waals surface area contributed by atoms with Crippen LogP contribution in [0.25, 0.3) is 0 Å². The molecule has 0 bridgehead atoms. The monoisotopic (exact) mass is 866 g/mol. The Morgan fingerprint density at radius 2 is 0.950 bits per heavy atom. The molecule has 0 heterocycles. The molecule has 0 saturated heterocycles. The third-order valence-electron chi connectivity index (χ3n) is 10.4. The summed E-state index contributed by atoms with van der Waals surface area (Å²) < 4.78 is 33.9. The second-order valence-corrected chi connectivity index (χ2v) is 18.9. The molecule has 0 fully saturated rings. The summed E-state index contributed by atoms with van der Waals surface area (Å²) >= 11 is 0. The average Bonchev–Trinajstić information content (AvgIpc) is 3.20. The molecular weight excluding hydrogens is 774 g/mol. The molecule has 2 atom stereocenters. The molecule has 0 N–H and O–H groups in total. The van der Waals surface area contributed by atoms with Gasteiger partial charge in [-0.2, -0.15) is 0 Å². The normalized spacial score (nSPS) is 13.9. The van der Waals surface area contributed by atoms with Gasteiger partial charge in [-0.05, 0) is 51.4 Å². The number of nitrogens with zero attached hydrogens (tertiary/aromatic N) is 1. The van der Waals surface area contributed by atoms with Crippen molar-refractivity contribution in [1.29, 1.82) is 0 Å². The fraction of sp³-hybridized carbons (Fsp3) is 0.800. The summed E-state index contributed by atoms with van der Waals surface area (Å²) in [6.45, 7) is 4.09. The molecule has 0 aromatic carbocycles. The van der Waals surface area contributed by atoms with Gasteiger partial charge in [0.25, 0.3) is 7.82 Å². The number of esters is 2. The first-order valence-corrected chi connectivity index (χ1v) is 25.8. The molecule has 0 aliphatic rings. The highest BCUT2D eigenvalue weighted by Gasteiger charge is 2.21. The first kappa shape index (κ1) is 58.0. The van der Waals surface area contributed by atoms with E-state index in [9.17, 15) is 19.0 Å². The molecule has 60 heavy (non-hydrogen) atoms. The lowest BCUT2D eigenvalue weighted by Crippen LogP contribution is -2.37. The zero-order valence-electron chi connectivity index (χ0n) is 39.4. The summed E-state index contributed by atoms with van der Waals surface area (Å²) in [7, 11) is 1.14. The Labute approximate surface area is 369 Å². The Hall–Kier alpha value is -2.03. The van der Waals surface area contributed by atoms with Crippen LogP contribution in [-0.2, 0) is 32.7 Å². The number of allylic oxidation sites excluding steroid dienone is 8. The third kappa shape index (κ3) is 45.5. The van der Waals surface area contributed by atoms with Gasteiger partial charge in [-0.1, -0.05) is 191 Å². The molecule has 0 aliphatic heterocycles. The van der Waals surface area contributed by atoms with Crippen molar-refractivity contribution >= 4 is 19.8 Å². The molecular formula is C50H92NO8P. The van der Waals surface area contributed by atoms with Gasteiger partial charge in [0.1, 0.15) is 19.8 Å². The minimum atomic E-state index is -4.64. The maximum Gasteiger partial charge on any atom is 0.306 e. The SMILES string of the molecule is CC/C=C\C/C=C\C/C=C\C/C=C\CCCCC(=O)OC[C@H](COP(=O)([O-])OCC[N+](C)(C)C)OC(=O)CCCCCCCCCCCCCCCCCCCCCCC. The van der Waals surface area contributed by atoms with Crippen LogP contribution in [-0.4, -0.2) is 70.0 Å². The van der Waals surface area contributed by atoms with Gasteiger partial charge >= 0.3 is 11.9 Å². The number of hydrogen-bond donors (Lipinski definition) is 0. The minimum absolute atomic E-state index is 0.0376. The molecule has 0 aromatic rings. The van der Waals surface area contributed by atoms with Crippen LogP contribution in [0.1, 0.15) is 206 Å². The van der Waals surface area contributed by atoms with Gasteiger partial charge in [0.05, 0.1) is 27.7 Å². The first-order valence-electron chi connectivity index (χ1n) is 24.3. The molecule has 10 heteroatoms. The fourth-order valence-corrected chi connectivity index (χ4v) is 7.32. The van der Waals surface area contributed by atoms with Crippen LogP contribution in [0.4, 0.5) is 0 Å². The lowest BCUT2D eigenvalue weighted by molar-refractivity contribution is -0.870. The van der Waals surface area contributed by atoms with Gasteiger partial charge in [0, 0.05) is 12.8 Å². The van der Waals surface area contributed by atoms with Crippen molar-refractivity contribution < 1.29 is 42.1 Å². The van der Waals surface area contributed by atoms with Crippen molar-refractivity contribution in [2.75, 3.05) is 47.5 Å². The summed E-state index contributed by atoms with van der Waals surface area (Å²) in [4.78, 5) is 37.6. The van der Waals surface area contributed by atoms with Crippen LogP contribution < -0.4 is 4.89 Å². The fourth-order valence-electron chi connectivity index (χ4n) is 6.59. The van der Waals surface area contributed by atoms with E-state index in [-0.39, 0.29) is 26.1 Å². The molecule has 0 radical (unpaired) electrons. The molecule has 0 aromatic heterocycles. The number of phosphoric acid groups is 1. The number of unbranched alkanes of at least 4 members (excludes halogenated alkanes) is 22. The van der Waals surface area contributed by atoms with E-state index in [1.165, 1.54) is 109 Å². The predicted molar refractivity (Wildman–Crippen MR) is 250 cm³/mol. The molecule has 0 aliphatic carbocycles. The zero-order chi connectivity index (χ0) is 44.3. The van der Waals surface area contributed by atoms with Crippen molar-refractivity contribution in [3.8, 4) is 0 Å². The highest BCUT2D eigenvalue weighted by atomic mass is 31.2. The first-order chi connectivity index (χ1) is 29.0. The molecule has 0 saturated carbocycles. The number of ether oxygens (including phenoxy) is 2. The van der Waals surface area contributed by atoms with Crippen LogP contribution in [0.2, 0.25) is 0 Å². The number of carbonyl (C=O) groups excluding carboxylic acids is 2. The number of rotatable bonds is 44. The smallest absolute Gasteiger partial charge is 0.306 e. The summed E-state index contributed by atoms with van der Waals surface area (Å²) in [6, 6.07) is 0. The van der Waals surface area contributed by atoms with Gasteiger partial charge in [0.15, 0.2) is 6.10 Å². The zero-order valence-corrected chi connectivity index (χ0v) is 40.3. The van der Waals surface area contributed by atoms with Crippen molar-refractivity contribution in [3.63, 3.8) is 0 Å². The number of quaternary nitrogens is 1. The summed E-state index contributed by atoms with van der Waals surface area (Å²) in [5.41, 5.74) is 0. The van der Waals surface area contributed by atoms with Crippen LogP contribution in [0.5, 0.6) is 0 Å². The van der Waals surface area contributed by atoms with Gasteiger partial charge in [-0.3, -0.25) is 14.2 Å². The maximum atomic E-state index is 12.7. The lowest BCUT2D eigenvalue weighted by Gasteiger charge is -2.28. The van der Waals surface area contributed by atoms with Gasteiger partial charge in [0.2, 0.25) is 0 Å². The molecule has 0 amide bonds. The van der Waals surface area contributed by atoms with Gasteiger partial charge < -0.3 is 27.9 Å². The largest absolute Gasteiger partial charge is 0.756 e. The highest BCUT2D eigenvalue weighted by molar-refractivity contribution is 7.45. The number of carbonyl (C=O) groups is 2. The quantitative estimate of drug-likeness (QED) is 0.0196. The van der Waals surface area contributed by atoms with E-state index in [2.05, 4.69) is 62.5 Å². The molecule has 350 valence electrons. The Balaban J connectivity index is 4.29. The van der Waals surface area contributed by atoms with Crippen LogP contribution >= 0.6 is 7.82 Å². The number of likely N-dealkylation sites (N-methyl/N-ethyl adjacent to an activating group) is 1. The van der Waals surface area contributed by atoms with E-state index >= 15 is 0 Å². The highest BCUT2D eigenvalue weighted by Crippen LogP contribution is 2.38. The van der Waals surface area contributed by atoms with Crippen molar-refractivity contribution in [2.45, 2.75) is 213 Å². The summed E-state index contributed by atoms with van der Waals surface area (Å²) in [5, 5.41) is 0. The van der Waals surface area contributed by atoms with Crippen molar-refractivity contribution in [1.82, 2.24) is 0 Å². The standard InChI is InChI=1S/C50H92NO8P/c1-6-8-10-12-14-16-18-20-22-23-24-25-26-27-29-31-33-35-37-39-41-43-50(53)59-48(47-58-60(54,55)57-45-44-51(3,4)5)46-56-49(52)42-40-38-36-34-32-30-28-21-19-17-15-13-11-9-7-2/h9,11,15,17,21,28,32,34,48H,6-8,10,12-14,16,18-20,22-27,29-31,33,35-47H2,1-5H3/b11-9-,17-15-,28-21-,34-32-/t48-/m1/s1. The number of hydrogen-bond acceptors (Lipinski definition) is 8. The summed E-state index contributed by atoms with van der Waals surface area (Å²) in [5.74, 6) is -0.878. The molecule has 9 nitrogen and oxygen atoms in total. The maximum absolute atomic E-state index is 12.7. The third-order valence-corrected chi connectivity index (χ3v) is 11.3. The summed E-state index contributed by atoms with van der Waals surface area (Å²) in [6.07, 6.45) is 50.1. The van der Waals surface area contributed by atoms with E-state index in [1.807, 2.05) is 21.1 Å². The van der Waals surface area contributed by atoms with Gasteiger partial charge in [-0.15, -0.1) is 0 Å². The predicted octanol–water partition coefficient (Wildman–Crippen LogP) is 13.6. The average molecular weight is 866 g/mol. The van der Waals surface area contributed by atoms with Crippen LogP contribution in [0, 0.1) is 0 Å². The van der Waals surface area contributed by atoms with E-state index in [0.717, 1.165) is 57.8 Å². The number of phosphoric ester groups is 1. The molecule has 0 rings (SSSR count). The Morgan fingerprint density at radius 3 is 1.42 bits per heavy atom. The van der Waals surface area contributed by atoms with E-state index < -0.39 is 32.5 Å². The lowest BCUT2D eigenvalue weighted by atomic mass is 10.0. The van der Waals surface area contributed by atoms with Crippen LogP contribution in [0.15, 0.2) is 48.6 Å². The Kier molecular flexibility index (Phi) is 40.8. The van der Waals surface area contributed by atoms with E-state index in [4.69, 9.17) is 18.5 Å². The molecule has 1 unspecified atom stereocenters. The molecule has 0 spiro atoms. The second kappa shape index (κ2) is 42.3. The van der Waals surface area contributed by atoms with Crippen LogP contribution in [0.3, 0.4) is 0 Å². The van der Waals surface area contributed by atoms with Crippen molar-refractivity contribution in [3.05, 3.63) is 48.6 Å². The Morgan fingerprint density at radius 1 is 0.533 bits per heavy atom. The topological polar surface area (TPSA) is 111 Å². The Bertz CT molecular complexity index is 1160. The minimum Gasteiger partial charge on any atom is -0.756 e.